The lowest BCUT2D eigenvalue weighted by Crippen LogP contribution is -1.79. The quantitative estimate of drug-likeness (QED) is 0.681. The van der Waals surface area contributed by atoms with E-state index >= 15 is 0 Å². The molecular weight excluding hydrogens is 210 g/mol. The molecule has 17 heavy (non-hydrogen) atoms. The number of rotatable bonds is 1. The number of hydrogen-bond donors (Lipinski definition) is 1. The molecule has 0 spiro atoms. The van der Waals surface area contributed by atoms with Gasteiger partial charge in [0.15, 0.2) is 0 Å². The van der Waals surface area contributed by atoms with Crippen LogP contribution in [0.4, 0.5) is 0 Å². The van der Waals surface area contributed by atoms with Gasteiger partial charge >= 0.3 is 0 Å². The molecule has 0 amide bonds. The zero-order chi connectivity index (χ0) is 11.7. The van der Waals surface area contributed by atoms with Crippen molar-refractivity contribution >= 4 is 10.8 Å². The van der Waals surface area contributed by atoms with Crippen LogP contribution in [-0.2, 0) is 0 Å². The Morgan fingerprint density at radius 3 is 2.24 bits per heavy atom. The van der Waals surface area contributed by atoms with Crippen molar-refractivity contribution in [2.45, 2.75) is 0 Å². The van der Waals surface area contributed by atoms with E-state index in [1.807, 2.05) is 24.3 Å². The third-order valence-electron chi connectivity index (χ3n) is 2.84. The van der Waals surface area contributed by atoms with Crippen molar-refractivity contribution in [3.05, 3.63) is 60.9 Å². The van der Waals surface area contributed by atoms with Crippen molar-refractivity contribution in [1.82, 2.24) is 4.98 Å². The molecule has 2 heteroatoms. The van der Waals surface area contributed by atoms with E-state index in [0.29, 0.717) is 5.75 Å². The summed E-state index contributed by atoms with van der Waals surface area (Å²) in [5.41, 5.74) is 2.31. The molecule has 0 atom stereocenters. The highest BCUT2D eigenvalue weighted by Gasteiger charge is 2.00. The monoisotopic (exact) mass is 221 g/mol. The highest BCUT2D eigenvalue weighted by atomic mass is 16.3. The van der Waals surface area contributed by atoms with Crippen molar-refractivity contribution in [3.63, 3.8) is 0 Å². The number of pyridine rings is 1. The maximum atomic E-state index is 9.41. The van der Waals surface area contributed by atoms with Crippen LogP contribution in [0.5, 0.6) is 5.75 Å². The topological polar surface area (TPSA) is 33.1 Å². The van der Waals surface area contributed by atoms with Gasteiger partial charge in [-0.25, -0.2) is 0 Å². The Morgan fingerprint density at radius 2 is 1.41 bits per heavy atom. The summed E-state index contributed by atoms with van der Waals surface area (Å²) in [6.07, 6.45) is 3.58. The van der Waals surface area contributed by atoms with Gasteiger partial charge in [-0.05, 0) is 52.2 Å². The lowest BCUT2D eigenvalue weighted by Gasteiger charge is -2.04. The number of hydrogen-bond acceptors (Lipinski definition) is 2. The SMILES string of the molecule is Oc1ccc2cc(-c3ccncc3)ccc2c1. The molecule has 1 N–H and O–H groups in total. The fourth-order valence-corrected chi connectivity index (χ4v) is 1.96. The maximum absolute atomic E-state index is 9.41. The van der Waals surface area contributed by atoms with Crippen LogP contribution in [0.15, 0.2) is 60.9 Å². The molecule has 0 radical (unpaired) electrons. The molecule has 1 heterocycles. The summed E-state index contributed by atoms with van der Waals surface area (Å²) in [5, 5.41) is 11.6. The Bertz CT molecular complexity index is 662. The molecule has 3 rings (SSSR count). The predicted molar refractivity (Wildman–Crippen MR) is 68.8 cm³/mol. The lowest BCUT2D eigenvalue weighted by molar-refractivity contribution is 0.476. The van der Waals surface area contributed by atoms with Crippen LogP contribution in [0.3, 0.4) is 0 Å². The van der Waals surface area contributed by atoms with Crippen LogP contribution < -0.4 is 0 Å². The second-order valence-electron chi connectivity index (χ2n) is 3.98. The van der Waals surface area contributed by atoms with Crippen LogP contribution in [-0.4, -0.2) is 10.1 Å². The van der Waals surface area contributed by atoms with E-state index in [-0.39, 0.29) is 0 Å². The van der Waals surface area contributed by atoms with Crippen LogP contribution in [0.1, 0.15) is 0 Å². The van der Waals surface area contributed by atoms with Crippen molar-refractivity contribution in [3.8, 4) is 16.9 Å². The van der Waals surface area contributed by atoms with Crippen molar-refractivity contribution in [2.75, 3.05) is 0 Å². The molecule has 0 bridgehead atoms. The second kappa shape index (κ2) is 3.91. The van der Waals surface area contributed by atoms with E-state index in [1.165, 1.54) is 0 Å². The summed E-state index contributed by atoms with van der Waals surface area (Å²) in [6, 6.07) is 15.6. The van der Waals surface area contributed by atoms with E-state index in [9.17, 15) is 5.11 Å². The van der Waals surface area contributed by atoms with Crippen LogP contribution in [0.25, 0.3) is 21.9 Å². The smallest absolute Gasteiger partial charge is 0.116 e. The summed E-state index contributed by atoms with van der Waals surface area (Å²) < 4.78 is 0. The van der Waals surface area contributed by atoms with E-state index in [0.717, 1.165) is 21.9 Å². The summed E-state index contributed by atoms with van der Waals surface area (Å²) >= 11 is 0. The molecule has 1 aromatic heterocycles. The van der Waals surface area contributed by atoms with Gasteiger partial charge in [0, 0.05) is 12.4 Å². The van der Waals surface area contributed by atoms with E-state index in [4.69, 9.17) is 0 Å². The summed E-state index contributed by atoms with van der Waals surface area (Å²) in [7, 11) is 0. The number of aromatic nitrogens is 1. The fraction of sp³-hybridized carbons (Fsp3) is 0. The normalized spacial score (nSPS) is 10.6. The van der Waals surface area contributed by atoms with Crippen molar-refractivity contribution in [2.24, 2.45) is 0 Å². The number of phenols is 1. The van der Waals surface area contributed by atoms with Gasteiger partial charge in [0.25, 0.3) is 0 Å². The van der Waals surface area contributed by atoms with E-state index in [2.05, 4.69) is 17.1 Å². The number of aromatic hydroxyl groups is 1. The molecule has 0 saturated carbocycles. The van der Waals surface area contributed by atoms with E-state index < -0.39 is 0 Å². The highest BCUT2D eigenvalue weighted by molar-refractivity contribution is 5.88. The highest BCUT2D eigenvalue weighted by Crippen LogP contribution is 2.26. The van der Waals surface area contributed by atoms with Crippen LogP contribution in [0, 0.1) is 0 Å². The molecule has 2 nitrogen and oxygen atoms in total. The fourth-order valence-electron chi connectivity index (χ4n) is 1.96. The molecule has 0 fully saturated rings. The maximum Gasteiger partial charge on any atom is 0.116 e. The van der Waals surface area contributed by atoms with Crippen molar-refractivity contribution in [1.29, 1.82) is 0 Å². The van der Waals surface area contributed by atoms with E-state index in [1.54, 1.807) is 24.5 Å². The molecule has 0 aliphatic heterocycles. The van der Waals surface area contributed by atoms with Gasteiger partial charge in [0.05, 0.1) is 0 Å². The molecular formula is C15H11NO. The molecule has 3 aromatic rings. The van der Waals surface area contributed by atoms with Gasteiger partial charge in [-0.3, -0.25) is 4.98 Å². The first kappa shape index (κ1) is 9.85. The molecule has 2 aromatic carbocycles. The number of nitrogens with zero attached hydrogens (tertiary/aromatic N) is 1. The minimum atomic E-state index is 0.300. The van der Waals surface area contributed by atoms with Crippen molar-refractivity contribution < 1.29 is 5.11 Å². The Kier molecular flexibility index (Phi) is 2.26. The van der Waals surface area contributed by atoms with Crippen LogP contribution >= 0.6 is 0 Å². The Balaban J connectivity index is 2.17. The Hall–Kier alpha value is -2.35. The third kappa shape index (κ3) is 1.85. The zero-order valence-corrected chi connectivity index (χ0v) is 9.17. The largest absolute Gasteiger partial charge is 0.508 e. The Morgan fingerprint density at radius 1 is 0.706 bits per heavy atom. The first-order valence-electron chi connectivity index (χ1n) is 5.46. The molecule has 0 aliphatic carbocycles. The molecule has 0 aliphatic rings. The second-order valence-corrected chi connectivity index (χ2v) is 3.98. The average molecular weight is 221 g/mol. The number of benzene rings is 2. The van der Waals surface area contributed by atoms with Gasteiger partial charge in [-0.1, -0.05) is 18.2 Å². The van der Waals surface area contributed by atoms with Gasteiger partial charge in [0.2, 0.25) is 0 Å². The van der Waals surface area contributed by atoms with Gasteiger partial charge < -0.3 is 5.11 Å². The summed E-state index contributed by atoms with van der Waals surface area (Å²) in [6.45, 7) is 0. The lowest BCUT2D eigenvalue weighted by atomic mass is 10.0. The van der Waals surface area contributed by atoms with Crippen LogP contribution in [0.2, 0.25) is 0 Å². The zero-order valence-electron chi connectivity index (χ0n) is 9.17. The van der Waals surface area contributed by atoms with Gasteiger partial charge in [0.1, 0.15) is 5.75 Å². The van der Waals surface area contributed by atoms with Gasteiger partial charge in [-0.15, -0.1) is 0 Å². The minimum Gasteiger partial charge on any atom is -0.508 e. The first-order valence-corrected chi connectivity index (χ1v) is 5.46. The minimum absolute atomic E-state index is 0.300. The predicted octanol–water partition coefficient (Wildman–Crippen LogP) is 3.61. The number of phenolic OH excluding ortho intramolecular Hbond substituents is 1. The first-order chi connectivity index (χ1) is 8.33. The standard InChI is InChI=1S/C15H11NO/c17-15-4-3-13-9-12(1-2-14(13)10-15)11-5-7-16-8-6-11/h1-10,17H. The third-order valence-corrected chi connectivity index (χ3v) is 2.84. The molecule has 0 saturated heterocycles. The molecule has 82 valence electrons. The molecule has 0 unspecified atom stereocenters. The number of fused-ring (bicyclic) bond motifs is 1. The Labute approximate surface area is 99.2 Å². The summed E-state index contributed by atoms with van der Waals surface area (Å²) in [5.74, 6) is 0.300. The summed E-state index contributed by atoms with van der Waals surface area (Å²) in [4.78, 5) is 4.01. The van der Waals surface area contributed by atoms with Gasteiger partial charge in [-0.2, -0.15) is 0 Å². The average Bonchev–Trinajstić information content (AvgIpc) is 2.39.